The second-order valence-corrected chi connectivity index (χ2v) is 5.40. The summed E-state index contributed by atoms with van der Waals surface area (Å²) in [5.74, 6) is 0.627. The number of hydrogen-bond acceptors (Lipinski definition) is 3. The lowest BCUT2D eigenvalue weighted by Crippen LogP contribution is -2.20. The Labute approximate surface area is 107 Å². The summed E-state index contributed by atoms with van der Waals surface area (Å²) >= 11 is 0. The molecule has 2 N–H and O–H groups in total. The fourth-order valence-electron chi connectivity index (χ4n) is 3.02. The Balaban J connectivity index is 1.96. The highest BCUT2D eigenvalue weighted by atomic mass is 15.2. The molecule has 1 aromatic heterocycles. The zero-order chi connectivity index (χ0) is 12.7. The zero-order valence-corrected chi connectivity index (χ0v) is 11.0. The first-order valence-corrected chi connectivity index (χ1v) is 6.50. The van der Waals surface area contributed by atoms with E-state index >= 15 is 0 Å². The maximum absolute atomic E-state index is 5.79. The molecular formula is C14H20N4. The molecule has 0 spiro atoms. The smallest absolute Gasteiger partial charge is 0.0955 e. The first-order chi connectivity index (χ1) is 8.69. The van der Waals surface area contributed by atoms with E-state index in [-0.39, 0.29) is 0 Å². The number of aromatic nitrogens is 2. The van der Waals surface area contributed by atoms with Crippen LogP contribution in [0.2, 0.25) is 0 Å². The van der Waals surface area contributed by atoms with Crippen molar-refractivity contribution in [1.82, 2.24) is 14.5 Å². The lowest BCUT2D eigenvalue weighted by Gasteiger charge is -2.19. The third-order valence-corrected chi connectivity index (χ3v) is 4.10. The van der Waals surface area contributed by atoms with Crippen molar-refractivity contribution in [2.75, 3.05) is 20.1 Å². The average molecular weight is 244 g/mol. The van der Waals surface area contributed by atoms with Crippen LogP contribution in [0.1, 0.15) is 18.0 Å². The summed E-state index contributed by atoms with van der Waals surface area (Å²) in [5, 5.41) is 0. The van der Waals surface area contributed by atoms with Gasteiger partial charge >= 0.3 is 0 Å². The second-order valence-electron chi connectivity index (χ2n) is 5.40. The maximum Gasteiger partial charge on any atom is 0.0955 e. The lowest BCUT2D eigenvalue weighted by atomic mass is 9.99. The van der Waals surface area contributed by atoms with Crippen molar-refractivity contribution >= 4 is 11.0 Å². The van der Waals surface area contributed by atoms with Gasteiger partial charge in [-0.25, -0.2) is 4.98 Å². The summed E-state index contributed by atoms with van der Waals surface area (Å²) in [6.07, 6.45) is 3.03. The molecule has 2 unspecified atom stereocenters. The van der Waals surface area contributed by atoms with E-state index in [0.717, 1.165) is 25.0 Å². The molecule has 1 fully saturated rings. The summed E-state index contributed by atoms with van der Waals surface area (Å²) in [5.41, 5.74) is 9.45. The Morgan fingerprint density at radius 3 is 2.94 bits per heavy atom. The normalized spacial score (nSPS) is 25.1. The maximum atomic E-state index is 5.79. The molecule has 0 radical (unpaired) electrons. The van der Waals surface area contributed by atoms with E-state index in [9.17, 15) is 0 Å². The number of nitrogens with zero attached hydrogens (tertiary/aromatic N) is 3. The van der Waals surface area contributed by atoms with Crippen LogP contribution in [0.25, 0.3) is 11.0 Å². The predicted molar refractivity (Wildman–Crippen MR) is 73.2 cm³/mol. The number of fused-ring (bicyclic) bond motifs is 1. The van der Waals surface area contributed by atoms with Crippen LogP contribution >= 0.6 is 0 Å². The van der Waals surface area contributed by atoms with Gasteiger partial charge in [-0.2, -0.15) is 0 Å². The van der Waals surface area contributed by atoms with Crippen molar-refractivity contribution in [2.45, 2.75) is 12.5 Å². The quantitative estimate of drug-likeness (QED) is 0.871. The van der Waals surface area contributed by atoms with E-state index in [0.29, 0.717) is 12.0 Å². The average Bonchev–Trinajstić information content (AvgIpc) is 2.93. The summed E-state index contributed by atoms with van der Waals surface area (Å²) in [7, 11) is 4.23. The molecule has 1 aromatic carbocycles. The van der Waals surface area contributed by atoms with Gasteiger partial charge in [-0.3, -0.25) is 4.90 Å². The van der Waals surface area contributed by atoms with E-state index in [4.69, 9.17) is 5.73 Å². The topological polar surface area (TPSA) is 47.1 Å². The molecule has 2 atom stereocenters. The van der Waals surface area contributed by atoms with Crippen molar-refractivity contribution in [3.63, 3.8) is 0 Å². The van der Waals surface area contributed by atoms with E-state index in [1.807, 2.05) is 13.4 Å². The van der Waals surface area contributed by atoms with E-state index in [1.54, 1.807) is 0 Å². The third-order valence-electron chi connectivity index (χ3n) is 4.10. The van der Waals surface area contributed by atoms with Gasteiger partial charge in [0.2, 0.25) is 0 Å². The number of nitrogens with two attached hydrogens (primary N) is 1. The molecule has 4 heteroatoms. The van der Waals surface area contributed by atoms with Gasteiger partial charge in [0.05, 0.1) is 17.4 Å². The summed E-state index contributed by atoms with van der Waals surface area (Å²) < 4.78 is 2.08. The number of benzene rings is 1. The van der Waals surface area contributed by atoms with Crippen molar-refractivity contribution in [1.29, 1.82) is 0 Å². The Morgan fingerprint density at radius 2 is 2.22 bits per heavy atom. The van der Waals surface area contributed by atoms with Crippen LogP contribution in [-0.4, -0.2) is 34.6 Å². The van der Waals surface area contributed by atoms with Crippen LogP contribution in [0.3, 0.4) is 0 Å². The largest absolute Gasteiger partial charge is 0.334 e. The molecular weight excluding hydrogens is 224 g/mol. The van der Waals surface area contributed by atoms with Crippen molar-refractivity contribution in [3.8, 4) is 0 Å². The van der Waals surface area contributed by atoms with Gasteiger partial charge in [0.15, 0.2) is 0 Å². The fourth-order valence-corrected chi connectivity index (χ4v) is 3.02. The minimum Gasteiger partial charge on any atom is -0.334 e. The highest BCUT2D eigenvalue weighted by Gasteiger charge is 2.29. The highest BCUT2D eigenvalue weighted by molar-refractivity contribution is 5.76. The molecule has 4 nitrogen and oxygen atoms in total. The number of hydrogen-bond donors (Lipinski definition) is 1. The fraction of sp³-hybridized carbons (Fsp3) is 0.500. The van der Waals surface area contributed by atoms with Gasteiger partial charge in [-0.1, -0.05) is 6.07 Å². The van der Waals surface area contributed by atoms with Crippen LogP contribution in [0, 0.1) is 5.92 Å². The van der Waals surface area contributed by atoms with Gasteiger partial charge in [0.25, 0.3) is 0 Å². The second kappa shape index (κ2) is 4.37. The van der Waals surface area contributed by atoms with Crippen molar-refractivity contribution < 1.29 is 0 Å². The standard InChI is InChI=1S/C14H20N4/c1-17-8-10(7-15)5-13(17)11-3-4-12-14(6-11)18(2)9-16-12/h3-4,6,9-10,13H,5,7-8,15H2,1-2H3. The van der Waals surface area contributed by atoms with Crippen molar-refractivity contribution in [3.05, 3.63) is 30.1 Å². The Kier molecular flexibility index (Phi) is 2.84. The highest BCUT2D eigenvalue weighted by Crippen LogP contribution is 2.34. The summed E-state index contributed by atoms with van der Waals surface area (Å²) in [4.78, 5) is 6.78. The first kappa shape index (κ1) is 11.7. The molecule has 1 saturated heterocycles. The molecule has 0 bridgehead atoms. The third kappa shape index (κ3) is 1.82. The Bertz CT molecular complexity index is 560. The SMILES string of the molecule is CN1CC(CN)CC1c1ccc2ncn(C)c2c1. The molecule has 1 aliphatic heterocycles. The lowest BCUT2D eigenvalue weighted by molar-refractivity contribution is 0.314. The molecule has 2 heterocycles. The van der Waals surface area contributed by atoms with Crippen molar-refractivity contribution in [2.24, 2.45) is 18.7 Å². The van der Waals surface area contributed by atoms with E-state index in [2.05, 4.69) is 39.7 Å². The summed E-state index contributed by atoms with van der Waals surface area (Å²) in [6.45, 7) is 1.89. The van der Waals surface area contributed by atoms with Gasteiger partial charge in [-0.15, -0.1) is 0 Å². The van der Waals surface area contributed by atoms with Crippen LogP contribution < -0.4 is 5.73 Å². The molecule has 0 amide bonds. The monoisotopic (exact) mass is 244 g/mol. The van der Waals surface area contributed by atoms with Crippen LogP contribution in [0.15, 0.2) is 24.5 Å². The van der Waals surface area contributed by atoms with Crippen LogP contribution in [-0.2, 0) is 7.05 Å². The summed E-state index contributed by atoms with van der Waals surface area (Å²) in [6, 6.07) is 7.09. The van der Waals surface area contributed by atoms with Gasteiger partial charge in [-0.05, 0) is 43.6 Å². The number of aryl methyl sites for hydroxylation is 1. The molecule has 0 aliphatic carbocycles. The molecule has 18 heavy (non-hydrogen) atoms. The Hall–Kier alpha value is -1.39. The molecule has 96 valence electrons. The molecule has 3 rings (SSSR count). The van der Waals surface area contributed by atoms with Gasteiger partial charge in [0, 0.05) is 19.6 Å². The number of likely N-dealkylation sites (tertiary alicyclic amines) is 1. The predicted octanol–water partition coefficient (Wildman–Crippen LogP) is 1.52. The number of imidazole rings is 1. The zero-order valence-electron chi connectivity index (χ0n) is 11.0. The number of rotatable bonds is 2. The van der Waals surface area contributed by atoms with E-state index < -0.39 is 0 Å². The molecule has 0 saturated carbocycles. The minimum atomic E-state index is 0.498. The van der Waals surface area contributed by atoms with Crippen LogP contribution in [0.5, 0.6) is 0 Å². The van der Waals surface area contributed by atoms with Crippen LogP contribution in [0.4, 0.5) is 0 Å². The first-order valence-electron chi connectivity index (χ1n) is 6.50. The molecule has 1 aliphatic rings. The van der Waals surface area contributed by atoms with Gasteiger partial charge < -0.3 is 10.3 Å². The Morgan fingerprint density at radius 1 is 1.39 bits per heavy atom. The minimum absolute atomic E-state index is 0.498. The van der Waals surface area contributed by atoms with E-state index in [1.165, 1.54) is 11.1 Å². The molecule has 2 aromatic rings. The van der Waals surface area contributed by atoms with Gasteiger partial charge in [0.1, 0.15) is 0 Å².